The van der Waals surface area contributed by atoms with Gasteiger partial charge in [-0.3, -0.25) is 0 Å². The lowest BCUT2D eigenvalue weighted by molar-refractivity contribution is 0.415. The van der Waals surface area contributed by atoms with Gasteiger partial charge in [-0.15, -0.1) is 23.1 Å². The topological polar surface area (TPSA) is 35.2 Å². The Morgan fingerprint density at radius 2 is 1.94 bits per heavy atom. The number of benzene rings is 1. The number of nitrogens with two attached hydrogens (primary N) is 1. The molecule has 0 aliphatic carbocycles. The summed E-state index contributed by atoms with van der Waals surface area (Å²) in [5.41, 5.74) is 9.88. The van der Waals surface area contributed by atoms with Crippen LogP contribution < -0.4 is 10.5 Å². The predicted octanol–water partition coefficient (Wildman–Crippen LogP) is 4.29. The fourth-order valence-corrected chi connectivity index (χ4v) is 4.03. The Morgan fingerprint density at radius 1 is 1.28 bits per heavy atom. The number of nitrogen functional groups attached to an aromatic ring is 1. The van der Waals surface area contributed by atoms with E-state index in [1.165, 1.54) is 20.9 Å². The Kier molecular flexibility index (Phi) is 4.19. The lowest BCUT2D eigenvalue weighted by atomic mass is 10.0. The van der Waals surface area contributed by atoms with Crippen molar-refractivity contribution in [3.05, 3.63) is 29.8 Å². The van der Waals surface area contributed by atoms with E-state index < -0.39 is 0 Å². The number of hydrogen-bond acceptors (Lipinski definition) is 4. The largest absolute Gasteiger partial charge is 0.497 e. The zero-order valence-electron chi connectivity index (χ0n) is 10.8. The molecule has 18 heavy (non-hydrogen) atoms. The van der Waals surface area contributed by atoms with Crippen molar-refractivity contribution in [2.45, 2.75) is 17.6 Å². The first-order chi connectivity index (χ1) is 8.71. The van der Waals surface area contributed by atoms with Crippen LogP contribution in [-0.2, 0) is 6.42 Å². The molecular weight excluding hydrogens is 262 g/mol. The Morgan fingerprint density at radius 3 is 2.44 bits per heavy atom. The molecule has 0 amide bonds. The van der Waals surface area contributed by atoms with Crippen molar-refractivity contribution in [1.29, 1.82) is 0 Å². The van der Waals surface area contributed by atoms with Crippen molar-refractivity contribution >= 4 is 28.1 Å². The molecule has 0 aliphatic heterocycles. The van der Waals surface area contributed by atoms with Crippen LogP contribution in [0.15, 0.2) is 28.5 Å². The molecule has 96 valence electrons. The number of thioether (sulfide) groups is 1. The molecule has 0 atom stereocenters. The summed E-state index contributed by atoms with van der Waals surface area (Å²) in [6, 6.07) is 8.09. The Hall–Kier alpha value is -1.13. The van der Waals surface area contributed by atoms with Gasteiger partial charge in [0.15, 0.2) is 0 Å². The van der Waals surface area contributed by atoms with Gasteiger partial charge in [-0.05, 0) is 35.9 Å². The van der Waals surface area contributed by atoms with Gasteiger partial charge in [-0.25, -0.2) is 0 Å². The fraction of sp³-hybridized carbons (Fsp3) is 0.286. The molecule has 0 saturated heterocycles. The maximum atomic E-state index is 6.17. The lowest BCUT2D eigenvalue weighted by Gasteiger charge is -2.06. The van der Waals surface area contributed by atoms with Gasteiger partial charge < -0.3 is 10.5 Å². The first kappa shape index (κ1) is 13.3. The third-order valence-corrected chi connectivity index (χ3v) is 5.14. The predicted molar refractivity (Wildman–Crippen MR) is 81.9 cm³/mol. The monoisotopic (exact) mass is 279 g/mol. The number of ether oxygens (including phenoxy) is 1. The molecule has 0 spiro atoms. The van der Waals surface area contributed by atoms with Crippen LogP contribution in [0.5, 0.6) is 5.75 Å². The molecule has 4 heteroatoms. The minimum Gasteiger partial charge on any atom is -0.497 e. The normalized spacial score (nSPS) is 10.6. The first-order valence-corrected chi connectivity index (χ1v) is 7.84. The van der Waals surface area contributed by atoms with Crippen LogP contribution >= 0.6 is 23.1 Å². The first-order valence-electron chi connectivity index (χ1n) is 5.80. The maximum Gasteiger partial charge on any atom is 0.118 e. The van der Waals surface area contributed by atoms with Gasteiger partial charge in [-0.2, -0.15) is 0 Å². The summed E-state index contributed by atoms with van der Waals surface area (Å²) < 4.78 is 6.51. The van der Waals surface area contributed by atoms with Gasteiger partial charge in [0.25, 0.3) is 0 Å². The highest BCUT2D eigenvalue weighted by Crippen LogP contribution is 2.43. The van der Waals surface area contributed by atoms with Crippen molar-refractivity contribution < 1.29 is 4.74 Å². The number of anilines is 1. The molecule has 0 saturated carbocycles. The summed E-state index contributed by atoms with van der Waals surface area (Å²) in [5.74, 6) is 0.871. The van der Waals surface area contributed by atoms with Crippen LogP contribution in [0.25, 0.3) is 11.1 Å². The number of thiophene rings is 1. The summed E-state index contributed by atoms with van der Waals surface area (Å²) in [7, 11) is 1.68. The van der Waals surface area contributed by atoms with Crippen molar-refractivity contribution in [1.82, 2.24) is 0 Å². The highest BCUT2D eigenvalue weighted by Gasteiger charge is 2.16. The van der Waals surface area contributed by atoms with Crippen molar-refractivity contribution in [2.75, 3.05) is 19.1 Å². The molecule has 1 heterocycles. The van der Waals surface area contributed by atoms with Crippen molar-refractivity contribution in [2.24, 2.45) is 0 Å². The van der Waals surface area contributed by atoms with Gasteiger partial charge in [0.2, 0.25) is 0 Å². The summed E-state index contributed by atoms with van der Waals surface area (Å²) in [6.07, 6.45) is 3.10. The zero-order valence-corrected chi connectivity index (χ0v) is 12.5. The SMILES string of the molecule is CCc1c(SC)sc(N)c1-c1ccc(OC)cc1. The van der Waals surface area contributed by atoms with E-state index in [-0.39, 0.29) is 0 Å². The van der Waals surface area contributed by atoms with E-state index >= 15 is 0 Å². The molecule has 2 N–H and O–H groups in total. The van der Waals surface area contributed by atoms with Gasteiger partial charge >= 0.3 is 0 Å². The zero-order chi connectivity index (χ0) is 13.1. The van der Waals surface area contributed by atoms with Crippen LogP contribution in [0.4, 0.5) is 5.00 Å². The second-order valence-corrected chi connectivity index (χ2v) is 6.02. The number of methoxy groups -OCH3 is 1. The molecule has 1 aromatic carbocycles. The second-order valence-electron chi connectivity index (χ2n) is 3.89. The van der Waals surface area contributed by atoms with Crippen molar-refractivity contribution in [3.8, 4) is 16.9 Å². The highest BCUT2D eigenvalue weighted by molar-refractivity contribution is 8.00. The van der Waals surface area contributed by atoms with E-state index in [1.54, 1.807) is 30.2 Å². The van der Waals surface area contributed by atoms with Crippen LogP contribution in [0.3, 0.4) is 0 Å². The quantitative estimate of drug-likeness (QED) is 0.848. The van der Waals surface area contributed by atoms with E-state index in [1.807, 2.05) is 12.1 Å². The molecule has 0 radical (unpaired) electrons. The average molecular weight is 279 g/mol. The van der Waals surface area contributed by atoms with Crippen LogP contribution in [0, 0.1) is 0 Å². The van der Waals surface area contributed by atoms with Gasteiger partial charge in [0.1, 0.15) is 5.75 Å². The fourth-order valence-electron chi connectivity index (χ4n) is 2.02. The summed E-state index contributed by atoms with van der Waals surface area (Å²) >= 11 is 3.45. The Labute approximate surface area is 116 Å². The highest BCUT2D eigenvalue weighted by atomic mass is 32.2. The standard InChI is InChI=1S/C14H17NOS2/c1-4-11-12(13(15)18-14(11)17-3)9-5-7-10(16-2)8-6-9/h5-8H,4,15H2,1-3H3. The summed E-state index contributed by atoms with van der Waals surface area (Å²) in [6.45, 7) is 2.17. The van der Waals surface area contributed by atoms with E-state index in [2.05, 4.69) is 25.3 Å². The molecule has 1 aromatic heterocycles. The Bertz CT molecular complexity index is 531. The molecule has 0 fully saturated rings. The molecule has 0 bridgehead atoms. The number of hydrogen-bond donors (Lipinski definition) is 1. The lowest BCUT2D eigenvalue weighted by Crippen LogP contribution is -1.89. The van der Waals surface area contributed by atoms with Crippen LogP contribution in [0.2, 0.25) is 0 Å². The molecule has 2 nitrogen and oxygen atoms in total. The summed E-state index contributed by atoms with van der Waals surface area (Å²) in [5, 5.41) is 0.904. The van der Waals surface area contributed by atoms with Crippen LogP contribution in [-0.4, -0.2) is 13.4 Å². The molecule has 2 aromatic rings. The maximum absolute atomic E-state index is 6.17. The van der Waals surface area contributed by atoms with E-state index in [0.717, 1.165) is 17.2 Å². The van der Waals surface area contributed by atoms with Gasteiger partial charge in [0.05, 0.1) is 16.3 Å². The summed E-state index contributed by atoms with van der Waals surface area (Å²) in [4.78, 5) is 0. The third-order valence-electron chi connectivity index (χ3n) is 2.91. The molecule has 2 rings (SSSR count). The smallest absolute Gasteiger partial charge is 0.118 e. The third kappa shape index (κ3) is 2.35. The second kappa shape index (κ2) is 5.67. The Balaban J connectivity index is 2.51. The molecule has 0 aliphatic rings. The van der Waals surface area contributed by atoms with Gasteiger partial charge in [-0.1, -0.05) is 19.1 Å². The molecule has 0 unspecified atom stereocenters. The average Bonchev–Trinajstić information content (AvgIpc) is 2.74. The van der Waals surface area contributed by atoms with Crippen LogP contribution in [0.1, 0.15) is 12.5 Å². The van der Waals surface area contributed by atoms with E-state index in [9.17, 15) is 0 Å². The van der Waals surface area contributed by atoms with E-state index in [4.69, 9.17) is 10.5 Å². The number of rotatable bonds is 4. The minimum absolute atomic E-state index is 0.871. The molecular formula is C14H17NOS2. The van der Waals surface area contributed by atoms with E-state index in [0.29, 0.717) is 0 Å². The minimum atomic E-state index is 0.871. The van der Waals surface area contributed by atoms with Gasteiger partial charge in [0, 0.05) is 5.56 Å². The van der Waals surface area contributed by atoms with Crippen molar-refractivity contribution in [3.63, 3.8) is 0 Å².